The van der Waals surface area contributed by atoms with Gasteiger partial charge in [-0.05, 0) is 29.7 Å². The third kappa shape index (κ3) is 2.18. The molecule has 2 nitrogen and oxygen atoms in total. The highest BCUT2D eigenvalue weighted by molar-refractivity contribution is 5.80. The van der Waals surface area contributed by atoms with Gasteiger partial charge in [-0.2, -0.15) is 0 Å². The fraction of sp³-hybridized carbons (Fsp3) is 0.125. The number of nitrogens with two attached hydrogens (primary N) is 1. The Morgan fingerprint density at radius 3 is 2.60 bits per heavy atom. The average molecular weight is 272 g/mol. The van der Waals surface area contributed by atoms with Crippen LogP contribution in [-0.4, -0.2) is 4.57 Å². The Balaban J connectivity index is 2.03. The van der Waals surface area contributed by atoms with Crippen LogP contribution in [-0.2, 0) is 13.1 Å². The van der Waals surface area contributed by atoms with Crippen molar-refractivity contribution in [2.75, 3.05) is 0 Å². The molecular weight excluding hydrogens is 258 g/mol. The van der Waals surface area contributed by atoms with E-state index in [1.165, 1.54) is 12.1 Å². The Labute approximate surface area is 115 Å². The minimum absolute atomic E-state index is 0.167. The number of rotatable bonds is 3. The number of nitrogens with zero attached hydrogens (tertiary/aromatic N) is 1. The minimum Gasteiger partial charge on any atom is -0.343 e. The van der Waals surface area contributed by atoms with Crippen LogP contribution in [0, 0.1) is 11.6 Å². The number of fused-ring (bicyclic) bond motifs is 1. The van der Waals surface area contributed by atoms with E-state index in [2.05, 4.69) is 0 Å². The second-order valence-electron chi connectivity index (χ2n) is 4.74. The van der Waals surface area contributed by atoms with Crippen molar-refractivity contribution in [2.45, 2.75) is 13.1 Å². The first-order valence-electron chi connectivity index (χ1n) is 6.40. The molecule has 4 heteroatoms. The van der Waals surface area contributed by atoms with Gasteiger partial charge in [-0.15, -0.1) is 0 Å². The van der Waals surface area contributed by atoms with E-state index in [4.69, 9.17) is 5.73 Å². The lowest BCUT2D eigenvalue weighted by Crippen LogP contribution is -2.06. The molecule has 0 spiro atoms. The maximum absolute atomic E-state index is 14.2. The van der Waals surface area contributed by atoms with Crippen molar-refractivity contribution >= 4 is 10.9 Å². The van der Waals surface area contributed by atoms with Crippen molar-refractivity contribution in [3.8, 4) is 0 Å². The Bertz CT molecular complexity index is 762. The topological polar surface area (TPSA) is 30.9 Å². The number of aromatic nitrogens is 1. The molecule has 0 aliphatic rings. The number of halogens is 2. The molecule has 3 aromatic rings. The van der Waals surface area contributed by atoms with E-state index in [9.17, 15) is 8.78 Å². The fourth-order valence-corrected chi connectivity index (χ4v) is 2.39. The molecule has 0 saturated heterocycles. The van der Waals surface area contributed by atoms with Crippen LogP contribution in [0.3, 0.4) is 0 Å². The zero-order valence-corrected chi connectivity index (χ0v) is 10.8. The van der Waals surface area contributed by atoms with E-state index in [0.717, 1.165) is 10.9 Å². The molecule has 0 fully saturated rings. The molecule has 102 valence electrons. The van der Waals surface area contributed by atoms with E-state index < -0.39 is 0 Å². The van der Waals surface area contributed by atoms with Gasteiger partial charge < -0.3 is 10.3 Å². The molecule has 0 atom stereocenters. The first kappa shape index (κ1) is 12.8. The molecule has 0 aliphatic heterocycles. The van der Waals surface area contributed by atoms with E-state index in [1.54, 1.807) is 24.3 Å². The monoisotopic (exact) mass is 272 g/mol. The Hall–Kier alpha value is -2.20. The normalized spacial score (nSPS) is 11.2. The number of benzene rings is 2. The average Bonchev–Trinajstić information content (AvgIpc) is 2.83. The minimum atomic E-state index is -0.298. The Morgan fingerprint density at radius 2 is 1.80 bits per heavy atom. The summed E-state index contributed by atoms with van der Waals surface area (Å²) in [6.07, 6.45) is 1.83. The van der Waals surface area contributed by atoms with Gasteiger partial charge in [0, 0.05) is 23.9 Å². The van der Waals surface area contributed by atoms with E-state index >= 15 is 0 Å². The highest BCUT2D eigenvalue weighted by atomic mass is 19.1. The fourth-order valence-electron chi connectivity index (χ4n) is 2.39. The summed E-state index contributed by atoms with van der Waals surface area (Å²) in [5.74, 6) is -0.582. The van der Waals surface area contributed by atoms with Gasteiger partial charge in [0.25, 0.3) is 0 Å². The number of hydrogen-bond acceptors (Lipinski definition) is 1. The van der Waals surface area contributed by atoms with Crippen LogP contribution in [0.15, 0.2) is 48.7 Å². The van der Waals surface area contributed by atoms with Crippen LogP contribution in [0.1, 0.15) is 11.1 Å². The van der Waals surface area contributed by atoms with Gasteiger partial charge in [0.1, 0.15) is 11.6 Å². The van der Waals surface area contributed by atoms with Crippen molar-refractivity contribution in [3.05, 3.63) is 71.4 Å². The molecular formula is C16H14F2N2. The van der Waals surface area contributed by atoms with Crippen LogP contribution in [0.5, 0.6) is 0 Å². The largest absolute Gasteiger partial charge is 0.343 e. The van der Waals surface area contributed by atoms with Gasteiger partial charge in [0.15, 0.2) is 0 Å². The molecule has 1 aromatic heterocycles. The summed E-state index contributed by atoms with van der Waals surface area (Å²) in [6.45, 7) is 0.521. The second kappa shape index (κ2) is 5.06. The molecule has 0 aliphatic carbocycles. The summed E-state index contributed by atoms with van der Waals surface area (Å²) in [4.78, 5) is 0. The van der Waals surface area contributed by atoms with Crippen molar-refractivity contribution in [2.24, 2.45) is 5.73 Å². The molecule has 3 rings (SSSR count). The molecule has 2 N–H and O–H groups in total. The summed E-state index contributed by atoms with van der Waals surface area (Å²) in [5, 5.41) is 0.932. The lowest BCUT2D eigenvalue weighted by molar-refractivity contribution is 0.586. The Morgan fingerprint density at radius 1 is 1.00 bits per heavy atom. The van der Waals surface area contributed by atoms with Gasteiger partial charge in [-0.1, -0.05) is 18.2 Å². The summed E-state index contributed by atoms with van der Waals surface area (Å²) < 4.78 is 29.3. The van der Waals surface area contributed by atoms with Crippen molar-refractivity contribution in [3.63, 3.8) is 0 Å². The molecule has 0 radical (unpaired) electrons. The summed E-state index contributed by atoms with van der Waals surface area (Å²) >= 11 is 0. The molecule has 0 amide bonds. The number of hydrogen-bond donors (Lipinski definition) is 1. The van der Waals surface area contributed by atoms with E-state index in [1.807, 2.05) is 16.8 Å². The smallest absolute Gasteiger partial charge is 0.132 e. The van der Waals surface area contributed by atoms with Crippen molar-refractivity contribution < 1.29 is 8.78 Å². The standard InChI is InChI=1S/C16H14F2N2/c17-14-5-4-11-6-7-20(15(11)8-14)10-13-3-1-2-12(9-19)16(13)18/h1-8H,9-10,19H2. The van der Waals surface area contributed by atoms with Crippen LogP contribution in [0.4, 0.5) is 8.78 Å². The van der Waals surface area contributed by atoms with Gasteiger partial charge in [0.05, 0.1) is 12.1 Å². The molecule has 0 unspecified atom stereocenters. The highest BCUT2D eigenvalue weighted by Gasteiger charge is 2.09. The van der Waals surface area contributed by atoms with Crippen LogP contribution >= 0.6 is 0 Å². The quantitative estimate of drug-likeness (QED) is 0.778. The maximum Gasteiger partial charge on any atom is 0.132 e. The summed E-state index contributed by atoms with van der Waals surface area (Å²) in [6, 6.07) is 11.7. The third-order valence-corrected chi connectivity index (χ3v) is 3.46. The zero-order chi connectivity index (χ0) is 14.1. The van der Waals surface area contributed by atoms with Gasteiger partial charge in [0.2, 0.25) is 0 Å². The zero-order valence-electron chi connectivity index (χ0n) is 10.8. The predicted octanol–water partition coefficient (Wildman–Crippen LogP) is 3.43. The maximum atomic E-state index is 14.2. The van der Waals surface area contributed by atoms with E-state index in [-0.39, 0.29) is 18.2 Å². The molecule has 1 heterocycles. The van der Waals surface area contributed by atoms with Crippen molar-refractivity contribution in [1.29, 1.82) is 0 Å². The summed E-state index contributed by atoms with van der Waals surface area (Å²) in [5.41, 5.74) is 7.30. The van der Waals surface area contributed by atoms with Crippen molar-refractivity contribution in [1.82, 2.24) is 4.57 Å². The van der Waals surface area contributed by atoms with Crippen LogP contribution in [0.2, 0.25) is 0 Å². The van der Waals surface area contributed by atoms with E-state index in [0.29, 0.717) is 17.7 Å². The summed E-state index contributed by atoms with van der Waals surface area (Å²) in [7, 11) is 0. The van der Waals surface area contributed by atoms with Gasteiger partial charge in [-0.25, -0.2) is 8.78 Å². The molecule has 0 saturated carbocycles. The molecule has 0 bridgehead atoms. The van der Waals surface area contributed by atoms with Crippen LogP contribution in [0.25, 0.3) is 10.9 Å². The SMILES string of the molecule is NCc1cccc(Cn2ccc3ccc(F)cc32)c1F. The molecule has 20 heavy (non-hydrogen) atoms. The van der Waals surface area contributed by atoms with Crippen LogP contribution < -0.4 is 5.73 Å². The Kier molecular flexibility index (Phi) is 3.24. The first-order chi connectivity index (χ1) is 9.69. The lowest BCUT2D eigenvalue weighted by atomic mass is 10.1. The second-order valence-corrected chi connectivity index (χ2v) is 4.74. The molecule has 2 aromatic carbocycles. The van der Waals surface area contributed by atoms with Gasteiger partial charge >= 0.3 is 0 Å². The third-order valence-electron chi connectivity index (χ3n) is 3.46. The van der Waals surface area contributed by atoms with Gasteiger partial charge in [-0.3, -0.25) is 0 Å². The predicted molar refractivity (Wildman–Crippen MR) is 75.3 cm³/mol. The lowest BCUT2D eigenvalue weighted by Gasteiger charge is -2.09. The highest BCUT2D eigenvalue weighted by Crippen LogP contribution is 2.20. The first-order valence-corrected chi connectivity index (χ1v) is 6.40.